The lowest BCUT2D eigenvalue weighted by Gasteiger charge is -2.22. The maximum atomic E-state index is 5.58. The molecule has 0 aliphatic rings. The van der Waals surface area contributed by atoms with Crippen LogP contribution in [-0.4, -0.2) is 5.11 Å². The molecule has 0 radical (unpaired) electrons. The van der Waals surface area contributed by atoms with Crippen molar-refractivity contribution >= 4 is 23.0 Å². The van der Waals surface area contributed by atoms with E-state index < -0.39 is 0 Å². The minimum Gasteiger partial charge on any atom is -0.352 e. The van der Waals surface area contributed by atoms with Gasteiger partial charge in [-0.3, -0.25) is 0 Å². The Morgan fingerprint density at radius 1 is 0.846 bits per heavy atom. The highest BCUT2D eigenvalue weighted by atomic mass is 32.1. The summed E-state index contributed by atoms with van der Waals surface area (Å²) >= 11 is 5.58. The van der Waals surface area contributed by atoms with Gasteiger partial charge in [0, 0.05) is 5.69 Å². The zero-order chi connectivity index (χ0) is 18.4. The van der Waals surface area contributed by atoms with Gasteiger partial charge in [0.2, 0.25) is 0 Å². The number of benzene rings is 3. The average Bonchev–Trinajstić information content (AvgIpc) is 2.68. The van der Waals surface area contributed by atoms with Crippen LogP contribution in [0.5, 0.6) is 0 Å². The summed E-state index contributed by atoms with van der Waals surface area (Å²) in [4.78, 5) is 0. The fourth-order valence-corrected chi connectivity index (χ4v) is 3.12. The minimum absolute atomic E-state index is 0.00622. The van der Waals surface area contributed by atoms with Crippen molar-refractivity contribution in [1.29, 1.82) is 0 Å². The van der Waals surface area contributed by atoms with Crippen molar-refractivity contribution in [2.45, 2.75) is 26.3 Å². The summed E-state index contributed by atoms with van der Waals surface area (Å²) in [6.07, 6.45) is 1.03. The smallest absolute Gasteiger partial charge is 0.171 e. The van der Waals surface area contributed by atoms with Crippen molar-refractivity contribution < 1.29 is 0 Å². The molecular weight excluding hydrogens is 336 g/mol. The molecule has 0 aliphatic carbocycles. The predicted molar refractivity (Wildman–Crippen MR) is 115 cm³/mol. The van der Waals surface area contributed by atoms with Crippen molar-refractivity contribution in [3.8, 4) is 0 Å². The fraction of sp³-hybridized carbons (Fsp3) is 0.174. The van der Waals surface area contributed by atoms with Gasteiger partial charge in [-0.2, -0.15) is 0 Å². The Morgan fingerprint density at radius 3 is 2.08 bits per heavy atom. The molecule has 132 valence electrons. The van der Waals surface area contributed by atoms with Crippen LogP contribution >= 0.6 is 12.2 Å². The molecule has 0 unspecified atom stereocenters. The summed E-state index contributed by atoms with van der Waals surface area (Å²) in [5, 5.41) is 7.38. The molecule has 3 aromatic carbocycles. The van der Waals surface area contributed by atoms with Crippen molar-refractivity contribution in [2.24, 2.45) is 0 Å². The zero-order valence-electron chi connectivity index (χ0n) is 15.2. The summed E-state index contributed by atoms with van der Waals surface area (Å²) in [5.74, 6) is 0. The number of aryl methyl sites for hydroxylation is 2. The monoisotopic (exact) mass is 360 g/mol. The molecule has 26 heavy (non-hydrogen) atoms. The second kappa shape index (κ2) is 8.63. The van der Waals surface area contributed by atoms with Crippen LogP contribution in [0.25, 0.3) is 0 Å². The Labute approximate surface area is 161 Å². The first-order valence-corrected chi connectivity index (χ1v) is 9.34. The highest BCUT2D eigenvalue weighted by molar-refractivity contribution is 7.80. The van der Waals surface area contributed by atoms with E-state index in [4.69, 9.17) is 12.2 Å². The standard InChI is InChI=1S/C23H24N2S/c1-3-18-11-15-21(16-12-18)24-23(26)25-22(19-7-5-4-6-8-19)20-13-9-17(2)10-14-20/h4-16,22H,3H2,1-2H3,(H2,24,25,26)/t22-/m1/s1. The van der Waals surface area contributed by atoms with Crippen LogP contribution < -0.4 is 10.6 Å². The van der Waals surface area contributed by atoms with E-state index in [1.165, 1.54) is 22.3 Å². The van der Waals surface area contributed by atoms with E-state index in [0.717, 1.165) is 12.1 Å². The summed E-state index contributed by atoms with van der Waals surface area (Å²) in [7, 11) is 0. The molecule has 0 bridgehead atoms. The van der Waals surface area contributed by atoms with Crippen LogP contribution in [0.1, 0.15) is 35.2 Å². The highest BCUT2D eigenvalue weighted by Crippen LogP contribution is 2.22. The SMILES string of the molecule is CCc1ccc(NC(=S)N[C@H](c2ccccc2)c2ccc(C)cc2)cc1. The highest BCUT2D eigenvalue weighted by Gasteiger charge is 2.15. The molecule has 0 saturated carbocycles. The molecule has 0 amide bonds. The Morgan fingerprint density at radius 2 is 1.46 bits per heavy atom. The van der Waals surface area contributed by atoms with E-state index >= 15 is 0 Å². The fourth-order valence-electron chi connectivity index (χ4n) is 2.89. The quantitative estimate of drug-likeness (QED) is 0.576. The Hall–Kier alpha value is -2.65. The van der Waals surface area contributed by atoms with Gasteiger partial charge in [0.15, 0.2) is 5.11 Å². The number of hydrogen-bond donors (Lipinski definition) is 2. The first-order chi connectivity index (χ1) is 12.7. The van der Waals surface area contributed by atoms with Crippen LogP contribution in [0.3, 0.4) is 0 Å². The third-order valence-corrected chi connectivity index (χ3v) is 4.66. The van der Waals surface area contributed by atoms with Crippen molar-refractivity contribution in [2.75, 3.05) is 5.32 Å². The summed E-state index contributed by atoms with van der Waals surface area (Å²) < 4.78 is 0. The normalized spacial score (nSPS) is 11.6. The average molecular weight is 361 g/mol. The van der Waals surface area contributed by atoms with Gasteiger partial charge in [0.25, 0.3) is 0 Å². The van der Waals surface area contributed by atoms with Crippen molar-refractivity contribution in [3.05, 3.63) is 101 Å². The van der Waals surface area contributed by atoms with E-state index in [1.807, 2.05) is 6.07 Å². The number of anilines is 1. The molecule has 2 N–H and O–H groups in total. The maximum Gasteiger partial charge on any atom is 0.171 e. The first kappa shape index (κ1) is 18.2. The lowest BCUT2D eigenvalue weighted by Crippen LogP contribution is -2.33. The molecule has 3 aromatic rings. The molecule has 0 saturated heterocycles. The molecule has 3 heteroatoms. The molecule has 0 spiro atoms. The topological polar surface area (TPSA) is 24.1 Å². The second-order valence-electron chi connectivity index (χ2n) is 6.40. The largest absolute Gasteiger partial charge is 0.352 e. The number of nitrogens with one attached hydrogen (secondary N) is 2. The third kappa shape index (κ3) is 4.70. The van der Waals surface area contributed by atoms with Gasteiger partial charge in [-0.05, 0) is 54.4 Å². The van der Waals surface area contributed by atoms with Crippen LogP contribution in [0.2, 0.25) is 0 Å². The van der Waals surface area contributed by atoms with Gasteiger partial charge in [0.1, 0.15) is 0 Å². The third-order valence-electron chi connectivity index (χ3n) is 4.44. The molecule has 0 aromatic heterocycles. The zero-order valence-corrected chi connectivity index (χ0v) is 16.0. The molecule has 0 fully saturated rings. The molecule has 0 heterocycles. The van der Waals surface area contributed by atoms with Gasteiger partial charge >= 0.3 is 0 Å². The number of rotatable bonds is 5. The number of hydrogen-bond acceptors (Lipinski definition) is 1. The van der Waals surface area contributed by atoms with Gasteiger partial charge in [0.05, 0.1) is 6.04 Å². The van der Waals surface area contributed by atoms with Gasteiger partial charge in [-0.1, -0.05) is 79.2 Å². The van der Waals surface area contributed by atoms with Gasteiger partial charge < -0.3 is 10.6 Å². The first-order valence-electron chi connectivity index (χ1n) is 8.93. The minimum atomic E-state index is 0.00622. The van der Waals surface area contributed by atoms with Crippen molar-refractivity contribution in [3.63, 3.8) is 0 Å². The second-order valence-corrected chi connectivity index (χ2v) is 6.81. The lowest BCUT2D eigenvalue weighted by molar-refractivity contribution is 0.768. The molecule has 0 aliphatic heterocycles. The summed E-state index contributed by atoms with van der Waals surface area (Å²) in [5.41, 5.74) is 5.93. The van der Waals surface area contributed by atoms with Crippen LogP contribution in [-0.2, 0) is 6.42 Å². The van der Waals surface area contributed by atoms with Gasteiger partial charge in [-0.15, -0.1) is 0 Å². The molecule has 2 nitrogen and oxygen atoms in total. The number of thiocarbonyl (C=S) groups is 1. The van der Waals surface area contributed by atoms with Gasteiger partial charge in [-0.25, -0.2) is 0 Å². The van der Waals surface area contributed by atoms with Crippen LogP contribution in [0.15, 0.2) is 78.9 Å². The van der Waals surface area contributed by atoms with E-state index in [9.17, 15) is 0 Å². The van der Waals surface area contributed by atoms with E-state index in [1.54, 1.807) is 0 Å². The van der Waals surface area contributed by atoms with E-state index in [2.05, 4.69) is 97.3 Å². The van der Waals surface area contributed by atoms with E-state index in [0.29, 0.717) is 5.11 Å². The lowest BCUT2D eigenvalue weighted by atomic mass is 9.98. The summed E-state index contributed by atoms with van der Waals surface area (Å²) in [6, 6.07) is 27.3. The summed E-state index contributed by atoms with van der Waals surface area (Å²) in [6.45, 7) is 4.25. The Bertz CT molecular complexity index is 840. The van der Waals surface area contributed by atoms with Crippen molar-refractivity contribution in [1.82, 2.24) is 5.32 Å². The molecule has 3 rings (SSSR count). The van der Waals surface area contributed by atoms with Crippen LogP contribution in [0, 0.1) is 6.92 Å². The maximum absolute atomic E-state index is 5.58. The predicted octanol–water partition coefficient (Wildman–Crippen LogP) is 5.63. The Balaban J connectivity index is 1.78. The molecule has 1 atom stereocenters. The Kier molecular flexibility index (Phi) is 6.03. The molecular formula is C23H24N2S. The van der Waals surface area contributed by atoms with E-state index in [-0.39, 0.29) is 6.04 Å². The van der Waals surface area contributed by atoms with Crippen LogP contribution in [0.4, 0.5) is 5.69 Å².